The third-order valence-electron chi connectivity index (χ3n) is 12.5. The van der Waals surface area contributed by atoms with Crippen molar-refractivity contribution in [3.63, 3.8) is 0 Å². The van der Waals surface area contributed by atoms with Crippen molar-refractivity contribution in [2.45, 2.75) is 0 Å². The lowest BCUT2D eigenvalue weighted by molar-refractivity contribution is 1.18. The minimum Gasteiger partial charge on any atom is -0.309 e. The quantitative estimate of drug-likeness (QED) is 0.152. The summed E-state index contributed by atoms with van der Waals surface area (Å²) in [5.74, 6) is 0. The minimum absolute atomic E-state index is 1.15. The summed E-state index contributed by atoms with van der Waals surface area (Å²) >= 11 is 0. The molecule has 0 saturated heterocycles. The second-order valence-corrected chi connectivity index (χ2v) is 16.2. The number of rotatable bonds is 7. The van der Waals surface area contributed by atoms with Crippen LogP contribution in [-0.2, 0) is 0 Å². The predicted octanol–water partition coefficient (Wildman–Crippen LogP) is 16.2. The van der Waals surface area contributed by atoms with Gasteiger partial charge in [-0.2, -0.15) is 0 Å². The fraction of sp³-hybridized carbons (Fsp3) is 0. The molecule has 2 heteroatoms. The van der Waals surface area contributed by atoms with E-state index in [0.29, 0.717) is 0 Å². The van der Waals surface area contributed by atoms with Gasteiger partial charge in [0.2, 0.25) is 0 Å². The first kappa shape index (κ1) is 35.7. The molecule has 2 heterocycles. The van der Waals surface area contributed by atoms with Gasteiger partial charge in [0.25, 0.3) is 0 Å². The van der Waals surface area contributed by atoms with Gasteiger partial charge in [-0.25, -0.2) is 0 Å². The van der Waals surface area contributed by atoms with Crippen LogP contribution in [0.3, 0.4) is 0 Å². The number of hydrogen-bond donors (Lipinski definition) is 0. The zero-order chi connectivity index (χ0) is 41.0. The largest absolute Gasteiger partial charge is 0.309 e. The summed E-state index contributed by atoms with van der Waals surface area (Å²) in [6.07, 6.45) is 0. The Morgan fingerprint density at radius 2 is 0.500 bits per heavy atom. The first-order chi connectivity index (χ1) is 30.7. The van der Waals surface area contributed by atoms with Crippen molar-refractivity contribution in [2.75, 3.05) is 0 Å². The van der Waals surface area contributed by atoms with E-state index in [4.69, 9.17) is 0 Å². The lowest BCUT2D eigenvalue weighted by Crippen LogP contribution is -1.94. The average molecular weight is 789 g/mol. The van der Waals surface area contributed by atoms with E-state index in [2.05, 4.69) is 252 Å². The van der Waals surface area contributed by atoms with Gasteiger partial charge in [-0.1, -0.05) is 158 Å². The Kier molecular flexibility index (Phi) is 8.53. The lowest BCUT2D eigenvalue weighted by Gasteiger charge is -2.14. The van der Waals surface area contributed by atoms with Gasteiger partial charge in [-0.3, -0.25) is 0 Å². The van der Waals surface area contributed by atoms with Crippen molar-refractivity contribution < 1.29 is 0 Å². The third kappa shape index (κ3) is 6.12. The molecule has 0 aliphatic rings. The van der Waals surface area contributed by atoms with Crippen LogP contribution in [0, 0.1) is 0 Å². The van der Waals surface area contributed by atoms with E-state index in [9.17, 15) is 0 Å². The average Bonchev–Trinajstić information content (AvgIpc) is 3.87. The zero-order valence-corrected chi connectivity index (χ0v) is 34.0. The number of aromatic nitrogens is 2. The maximum Gasteiger partial charge on any atom is 0.0541 e. The van der Waals surface area contributed by atoms with Crippen LogP contribution in [-0.4, -0.2) is 9.13 Å². The summed E-state index contributed by atoms with van der Waals surface area (Å²) in [6, 6.07) is 88.5. The second-order valence-electron chi connectivity index (χ2n) is 16.2. The second kappa shape index (κ2) is 14.8. The summed E-state index contributed by atoms with van der Waals surface area (Å²) in [5, 5.41) is 4.96. The molecule has 290 valence electrons. The standard InChI is InChI=1S/C60H40N2/c1-4-15-41(16-5-1)43-27-31-52(32-28-43)62-58-26-13-11-24-54(58)56-40-47(30-34-60(56)62)50-37-48(45-20-14-19-44(35-45)42-17-6-2-7-18-42)36-49(38-50)46-29-33-59-55(39-46)53-23-10-12-25-57(53)61(59)51-21-8-3-9-22-51/h1-40H. The van der Waals surface area contributed by atoms with Crippen LogP contribution in [0.4, 0.5) is 0 Å². The van der Waals surface area contributed by atoms with Gasteiger partial charge < -0.3 is 9.13 Å². The van der Waals surface area contributed by atoms with E-state index in [1.807, 2.05) is 0 Å². The number of fused-ring (bicyclic) bond motifs is 6. The molecule has 0 N–H and O–H groups in total. The smallest absolute Gasteiger partial charge is 0.0541 e. The molecule has 12 rings (SSSR count). The molecule has 0 aliphatic carbocycles. The Hall–Kier alpha value is -8.20. The van der Waals surface area contributed by atoms with Crippen LogP contribution >= 0.6 is 0 Å². The molecular formula is C60H40N2. The van der Waals surface area contributed by atoms with E-state index in [-0.39, 0.29) is 0 Å². The Bertz CT molecular complexity index is 3600. The molecule has 0 bridgehead atoms. The third-order valence-corrected chi connectivity index (χ3v) is 12.5. The Labute approximate surface area is 360 Å². The van der Waals surface area contributed by atoms with Gasteiger partial charge in [0.15, 0.2) is 0 Å². The number of hydrogen-bond acceptors (Lipinski definition) is 0. The summed E-state index contributed by atoms with van der Waals surface area (Å²) in [5.41, 5.74) is 19.1. The molecule has 10 aromatic carbocycles. The van der Waals surface area contributed by atoms with Crippen molar-refractivity contribution in [3.05, 3.63) is 243 Å². The van der Waals surface area contributed by atoms with Crippen molar-refractivity contribution in [3.8, 4) is 67.0 Å². The number of para-hydroxylation sites is 3. The van der Waals surface area contributed by atoms with Gasteiger partial charge in [0.1, 0.15) is 0 Å². The van der Waals surface area contributed by atoms with Crippen LogP contribution < -0.4 is 0 Å². The summed E-state index contributed by atoms with van der Waals surface area (Å²) in [6.45, 7) is 0. The summed E-state index contributed by atoms with van der Waals surface area (Å²) in [7, 11) is 0. The molecule has 0 unspecified atom stereocenters. The number of benzene rings is 10. The van der Waals surface area contributed by atoms with Gasteiger partial charge in [-0.15, -0.1) is 0 Å². The molecule has 2 nitrogen and oxygen atoms in total. The van der Waals surface area contributed by atoms with Crippen LogP contribution in [0.5, 0.6) is 0 Å². The lowest BCUT2D eigenvalue weighted by atomic mass is 9.91. The zero-order valence-electron chi connectivity index (χ0n) is 34.0. The maximum atomic E-state index is 2.40. The van der Waals surface area contributed by atoms with E-state index in [0.717, 1.165) is 11.4 Å². The van der Waals surface area contributed by atoms with Crippen LogP contribution in [0.15, 0.2) is 243 Å². The van der Waals surface area contributed by atoms with Crippen LogP contribution in [0.2, 0.25) is 0 Å². The van der Waals surface area contributed by atoms with E-state index >= 15 is 0 Å². The van der Waals surface area contributed by atoms with Gasteiger partial charge in [-0.05, 0) is 141 Å². The molecular weight excluding hydrogens is 749 g/mol. The van der Waals surface area contributed by atoms with Crippen LogP contribution in [0.1, 0.15) is 0 Å². The monoisotopic (exact) mass is 788 g/mol. The summed E-state index contributed by atoms with van der Waals surface area (Å²) < 4.78 is 4.79. The highest BCUT2D eigenvalue weighted by atomic mass is 15.0. The molecule has 2 aromatic heterocycles. The topological polar surface area (TPSA) is 9.86 Å². The molecule has 12 aromatic rings. The Morgan fingerprint density at radius 3 is 1.02 bits per heavy atom. The van der Waals surface area contributed by atoms with Gasteiger partial charge in [0.05, 0.1) is 22.1 Å². The molecule has 0 saturated carbocycles. The SMILES string of the molecule is c1ccc(-c2ccc(-n3c4ccccc4c4cc(-c5cc(-c6cccc(-c7ccccc7)c6)cc(-c6ccc7c(c6)c6ccccc6n7-c6ccccc6)c5)ccc43)cc2)cc1. The van der Waals surface area contributed by atoms with Crippen LogP contribution in [0.25, 0.3) is 111 Å². The number of nitrogens with zero attached hydrogens (tertiary/aromatic N) is 2. The molecule has 62 heavy (non-hydrogen) atoms. The van der Waals surface area contributed by atoms with Crippen molar-refractivity contribution >= 4 is 43.6 Å². The highest BCUT2D eigenvalue weighted by molar-refractivity contribution is 6.12. The Balaban J connectivity index is 1.03. The van der Waals surface area contributed by atoms with E-state index in [1.165, 1.54) is 99.2 Å². The fourth-order valence-corrected chi connectivity index (χ4v) is 9.51. The molecule has 0 aliphatic heterocycles. The first-order valence-electron chi connectivity index (χ1n) is 21.3. The predicted molar refractivity (Wildman–Crippen MR) is 262 cm³/mol. The highest BCUT2D eigenvalue weighted by Crippen LogP contribution is 2.41. The fourth-order valence-electron chi connectivity index (χ4n) is 9.51. The maximum absolute atomic E-state index is 2.40. The highest BCUT2D eigenvalue weighted by Gasteiger charge is 2.17. The van der Waals surface area contributed by atoms with Crippen molar-refractivity contribution in [1.29, 1.82) is 0 Å². The van der Waals surface area contributed by atoms with Gasteiger partial charge >= 0.3 is 0 Å². The molecule has 0 atom stereocenters. The van der Waals surface area contributed by atoms with Crippen molar-refractivity contribution in [1.82, 2.24) is 9.13 Å². The molecule has 0 fully saturated rings. The first-order valence-corrected chi connectivity index (χ1v) is 21.3. The molecule has 0 spiro atoms. The van der Waals surface area contributed by atoms with Crippen molar-refractivity contribution in [2.24, 2.45) is 0 Å². The Morgan fingerprint density at radius 1 is 0.177 bits per heavy atom. The molecule has 0 amide bonds. The van der Waals surface area contributed by atoms with Gasteiger partial charge in [0, 0.05) is 32.9 Å². The molecule has 0 radical (unpaired) electrons. The van der Waals surface area contributed by atoms with E-state index in [1.54, 1.807) is 0 Å². The minimum atomic E-state index is 1.15. The summed E-state index contributed by atoms with van der Waals surface area (Å²) in [4.78, 5) is 0. The van der Waals surface area contributed by atoms with E-state index < -0.39 is 0 Å². The normalized spacial score (nSPS) is 11.5.